The molecule has 186 valence electrons. The summed E-state index contributed by atoms with van der Waals surface area (Å²) in [5.41, 5.74) is 1.78. The molecule has 35 heavy (non-hydrogen) atoms. The van der Waals surface area contributed by atoms with Crippen molar-refractivity contribution in [2.75, 3.05) is 36.3 Å². The average molecular weight is 483 g/mol. The Balaban J connectivity index is 2.09. The van der Waals surface area contributed by atoms with E-state index in [1.165, 1.54) is 26.0 Å². The third-order valence-corrected chi connectivity index (χ3v) is 5.46. The van der Waals surface area contributed by atoms with Gasteiger partial charge in [0.2, 0.25) is 11.8 Å². The Hall–Kier alpha value is -4.08. The molecule has 0 atom stereocenters. The van der Waals surface area contributed by atoms with Gasteiger partial charge >= 0.3 is 6.03 Å². The van der Waals surface area contributed by atoms with Crippen molar-refractivity contribution < 1.29 is 28.7 Å². The van der Waals surface area contributed by atoms with Crippen LogP contribution < -0.4 is 30.3 Å². The summed E-state index contributed by atoms with van der Waals surface area (Å²) in [6.07, 6.45) is 0.150. The summed E-state index contributed by atoms with van der Waals surface area (Å²) >= 11 is 0. The number of methoxy groups -OCH3 is 2. The first-order valence-corrected chi connectivity index (χ1v) is 11.1. The van der Waals surface area contributed by atoms with Crippen LogP contribution in [0.5, 0.6) is 11.5 Å². The Labute approximate surface area is 204 Å². The fourth-order valence-corrected chi connectivity index (χ4v) is 3.80. The van der Waals surface area contributed by atoms with E-state index in [-0.39, 0.29) is 30.3 Å². The second-order valence-corrected chi connectivity index (χ2v) is 9.13. The molecule has 0 radical (unpaired) electrons. The number of nitrogens with zero attached hydrogens (tertiary/aromatic N) is 1. The molecule has 10 heteroatoms. The number of imide groups is 1. The van der Waals surface area contributed by atoms with Crippen LogP contribution in [0.3, 0.4) is 0 Å². The number of nitrogens with one attached hydrogen (secondary N) is 3. The van der Waals surface area contributed by atoms with E-state index in [9.17, 15) is 19.2 Å². The fourth-order valence-electron chi connectivity index (χ4n) is 3.80. The molecule has 0 saturated carbocycles. The maximum Gasteiger partial charge on any atom is 0.328 e. The highest BCUT2D eigenvalue weighted by atomic mass is 16.5. The predicted octanol–water partition coefficient (Wildman–Crippen LogP) is 3.66. The molecule has 1 heterocycles. The van der Waals surface area contributed by atoms with Crippen molar-refractivity contribution >= 4 is 40.8 Å². The summed E-state index contributed by atoms with van der Waals surface area (Å²) in [6, 6.07) is 7.67. The number of carbonyl (C=O) groups is 4. The minimum atomic E-state index is -0.553. The maximum absolute atomic E-state index is 13.5. The summed E-state index contributed by atoms with van der Waals surface area (Å²) in [4.78, 5) is 50.6. The van der Waals surface area contributed by atoms with Crippen LogP contribution in [-0.4, -0.2) is 44.5 Å². The molecule has 1 aliphatic heterocycles. The van der Waals surface area contributed by atoms with E-state index in [2.05, 4.69) is 16.0 Å². The lowest BCUT2D eigenvalue weighted by Gasteiger charge is -2.30. The van der Waals surface area contributed by atoms with Crippen molar-refractivity contribution in [2.24, 2.45) is 0 Å². The Morgan fingerprint density at radius 3 is 2.31 bits per heavy atom. The zero-order valence-electron chi connectivity index (χ0n) is 20.7. The van der Waals surface area contributed by atoms with Crippen LogP contribution in [0.1, 0.15) is 50.0 Å². The van der Waals surface area contributed by atoms with Gasteiger partial charge in [-0.25, -0.2) is 4.79 Å². The SMILES string of the molecule is COc1ccc(NC(C)=O)cc1NC(=O)c1cc(N2CCC(=O)NC2=O)cc(C(C)(C)C)c1OC. The number of rotatable bonds is 6. The van der Waals surface area contributed by atoms with Gasteiger partial charge in [0.15, 0.2) is 0 Å². The summed E-state index contributed by atoms with van der Waals surface area (Å²) < 4.78 is 11.0. The van der Waals surface area contributed by atoms with Gasteiger partial charge in [-0.2, -0.15) is 0 Å². The largest absolute Gasteiger partial charge is 0.496 e. The second-order valence-electron chi connectivity index (χ2n) is 9.13. The van der Waals surface area contributed by atoms with Gasteiger partial charge < -0.3 is 20.1 Å². The van der Waals surface area contributed by atoms with E-state index in [0.717, 1.165) is 0 Å². The number of amides is 5. The normalized spacial score (nSPS) is 13.7. The standard InChI is InChI=1S/C25H30N4O6/c1-14(30)26-15-7-8-20(34-5)19(11-15)27-23(32)17-12-16(29-10-9-21(31)28-24(29)33)13-18(22(17)35-6)25(2,3)4/h7-8,11-13H,9-10H2,1-6H3,(H,26,30)(H,27,32)(H,28,31,33). The number of hydrogen-bond acceptors (Lipinski definition) is 6. The fraction of sp³-hybridized carbons (Fsp3) is 0.360. The van der Waals surface area contributed by atoms with Gasteiger partial charge in [0.25, 0.3) is 5.91 Å². The van der Waals surface area contributed by atoms with E-state index < -0.39 is 17.4 Å². The number of ether oxygens (including phenoxy) is 2. The third-order valence-electron chi connectivity index (χ3n) is 5.46. The van der Waals surface area contributed by atoms with Crippen LogP contribution in [0.15, 0.2) is 30.3 Å². The molecule has 3 N–H and O–H groups in total. The first kappa shape index (κ1) is 25.5. The molecule has 1 fully saturated rings. The molecule has 1 saturated heterocycles. The molecule has 2 aromatic carbocycles. The van der Waals surface area contributed by atoms with Gasteiger partial charge in [-0.15, -0.1) is 0 Å². The molecule has 0 bridgehead atoms. The molecule has 0 unspecified atom stereocenters. The van der Waals surface area contributed by atoms with Gasteiger partial charge in [0.05, 0.1) is 25.5 Å². The van der Waals surface area contributed by atoms with Gasteiger partial charge in [-0.1, -0.05) is 20.8 Å². The molecule has 2 aromatic rings. The van der Waals surface area contributed by atoms with Crippen LogP contribution in [0.2, 0.25) is 0 Å². The number of urea groups is 1. The molecular formula is C25H30N4O6. The highest BCUT2D eigenvalue weighted by Crippen LogP contribution is 2.39. The first-order chi connectivity index (χ1) is 16.4. The molecule has 0 aliphatic carbocycles. The highest BCUT2D eigenvalue weighted by Gasteiger charge is 2.30. The van der Waals surface area contributed by atoms with E-state index in [0.29, 0.717) is 34.1 Å². The van der Waals surface area contributed by atoms with Crippen molar-refractivity contribution in [3.05, 3.63) is 41.5 Å². The summed E-state index contributed by atoms with van der Waals surface area (Å²) in [7, 11) is 2.95. The predicted molar refractivity (Wildman–Crippen MR) is 132 cm³/mol. The van der Waals surface area contributed by atoms with Gasteiger partial charge in [-0.05, 0) is 35.7 Å². The Kier molecular flexibility index (Phi) is 7.33. The van der Waals surface area contributed by atoms with Crippen LogP contribution in [0, 0.1) is 0 Å². The van der Waals surface area contributed by atoms with Gasteiger partial charge in [0.1, 0.15) is 11.5 Å². The van der Waals surface area contributed by atoms with Crippen molar-refractivity contribution in [2.45, 2.75) is 39.5 Å². The lowest BCUT2D eigenvalue weighted by molar-refractivity contribution is -0.120. The summed E-state index contributed by atoms with van der Waals surface area (Å²) in [6.45, 7) is 7.48. The number of benzene rings is 2. The van der Waals surface area contributed by atoms with Crippen LogP contribution >= 0.6 is 0 Å². The minimum Gasteiger partial charge on any atom is -0.496 e. The van der Waals surface area contributed by atoms with E-state index >= 15 is 0 Å². The van der Waals surface area contributed by atoms with Crippen molar-refractivity contribution in [1.29, 1.82) is 0 Å². The van der Waals surface area contributed by atoms with Crippen molar-refractivity contribution in [1.82, 2.24) is 5.32 Å². The van der Waals surface area contributed by atoms with E-state index in [1.807, 2.05) is 20.8 Å². The Bertz CT molecular complexity index is 1190. The number of hydrogen-bond donors (Lipinski definition) is 3. The zero-order chi connectivity index (χ0) is 25.9. The van der Waals surface area contributed by atoms with E-state index in [1.54, 1.807) is 30.3 Å². The van der Waals surface area contributed by atoms with Crippen LogP contribution in [0.25, 0.3) is 0 Å². The number of carbonyl (C=O) groups excluding carboxylic acids is 4. The van der Waals surface area contributed by atoms with Crippen LogP contribution in [-0.2, 0) is 15.0 Å². The number of anilines is 3. The maximum atomic E-state index is 13.5. The second kappa shape index (κ2) is 10.0. The molecule has 3 rings (SSSR count). The molecular weight excluding hydrogens is 452 g/mol. The lowest BCUT2D eigenvalue weighted by atomic mass is 9.84. The molecule has 0 spiro atoms. The highest BCUT2D eigenvalue weighted by molar-refractivity contribution is 6.10. The topological polar surface area (TPSA) is 126 Å². The first-order valence-electron chi connectivity index (χ1n) is 11.1. The van der Waals surface area contributed by atoms with Crippen molar-refractivity contribution in [3.8, 4) is 11.5 Å². The third kappa shape index (κ3) is 5.71. The molecule has 0 aromatic heterocycles. The van der Waals surface area contributed by atoms with Gasteiger partial charge in [0, 0.05) is 36.8 Å². The zero-order valence-corrected chi connectivity index (χ0v) is 20.7. The lowest BCUT2D eigenvalue weighted by Crippen LogP contribution is -2.49. The van der Waals surface area contributed by atoms with Crippen molar-refractivity contribution in [3.63, 3.8) is 0 Å². The average Bonchev–Trinajstić information content (AvgIpc) is 2.77. The smallest absolute Gasteiger partial charge is 0.328 e. The van der Waals surface area contributed by atoms with Crippen LogP contribution in [0.4, 0.5) is 21.9 Å². The molecule has 5 amide bonds. The van der Waals surface area contributed by atoms with Gasteiger partial charge in [-0.3, -0.25) is 24.6 Å². The Morgan fingerprint density at radius 2 is 1.74 bits per heavy atom. The summed E-state index contributed by atoms with van der Waals surface area (Å²) in [5, 5.41) is 7.80. The summed E-state index contributed by atoms with van der Waals surface area (Å²) in [5.74, 6) is -0.340. The van der Waals surface area contributed by atoms with E-state index in [4.69, 9.17) is 9.47 Å². The molecule has 10 nitrogen and oxygen atoms in total. The minimum absolute atomic E-state index is 0.150. The Morgan fingerprint density at radius 1 is 1.03 bits per heavy atom. The molecule has 1 aliphatic rings. The monoisotopic (exact) mass is 482 g/mol. The quantitative estimate of drug-likeness (QED) is 0.577.